The molecule has 2 unspecified atom stereocenters. The summed E-state index contributed by atoms with van der Waals surface area (Å²) in [5.74, 6) is 0.677. The fraction of sp³-hybridized carbons (Fsp3) is 0.174. The molecule has 29 heavy (non-hydrogen) atoms. The number of aromatic amines is 1. The topological polar surface area (TPSA) is 67.9 Å². The van der Waals surface area contributed by atoms with E-state index >= 15 is 0 Å². The second-order valence-electron chi connectivity index (χ2n) is 6.79. The molecule has 1 N–H and O–H groups in total. The number of pyridine rings is 1. The van der Waals surface area contributed by atoms with E-state index in [0.29, 0.717) is 0 Å². The molecule has 0 fully saturated rings. The van der Waals surface area contributed by atoms with Gasteiger partial charge in [-0.25, -0.2) is 4.98 Å². The number of imidazole rings is 1. The average molecular weight is 404 g/mol. The molecule has 0 aliphatic carbocycles. The number of hydrogen-bond donors (Lipinski definition) is 1. The van der Waals surface area contributed by atoms with Crippen molar-refractivity contribution in [1.82, 2.24) is 15.0 Å². The van der Waals surface area contributed by atoms with Crippen molar-refractivity contribution in [1.29, 1.82) is 0 Å². The molecule has 4 rings (SSSR count). The lowest BCUT2D eigenvalue weighted by Crippen LogP contribution is -2.08. The van der Waals surface area contributed by atoms with Crippen LogP contribution in [0.15, 0.2) is 73.2 Å². The van der Waals surface area contributed by atoms with E-state index in [1.807, 2.05) is 54.7 Å². The van der Waals surface area contributed by atoms with Crippen LogP contribution in [0, 0.1) is 0 Å². The van der Waals surface area contributed by atoms with Crippen LogP contribution < -0.4 is 0 Å². The van der Waals surface area contributed by atoms with Gasteiger partial charge < -0.3 is 9.72 Å². The molecular formula is C23H21N3O2S. The van der Waals surface area contributed by atoms with Crippen LogP contribution in [0.5, 0.6) is 0 Å². The Kier molecular flexibility index (Phi) is 5.53. The predicted octanol–water partition coefficient (Wildman–Crippen LogP) is 5.34. The first-order valence-electron chi connectivity index (χ1n) is 9.39. The molecule has 146 valence electrons. The van der Waals surface area contributed by atoms with Crippen molar-refractivity contribution < 1.29 is 9.53 Å². The lowest BCUT2D eigenvalue weighted by molar-refractivity contribution is -0.144. The molecule has 0 radical (unpaired) electrons. The molecule has 0 saturated heterocycles. The highest BCUT2D eigenvalue weighted by Crippen LogP contribution is 2.36. The van der Waals surface area contributed by atoms with Crippen molar-refractivity contribution in [2.24, 2.45) is 0 Å². The maximum Gasteiger partial charge on any atom is 0.303 e. The molecule has 3 aromatic heterocycles. The monoisotopic (exact) mass is 403 g/mol. The van der Waals surface area contributed by atoms with E-state index in [1.54, 1.807) is 23.7 Å². The molecule has 0 aliphatic heterocycles. The maximum atomic E-state index is 11.7. The summed E-state index contributed by atoms with van der Waals surface area (Å²) >= 11 is 1.65. The van der Waals surface area contributed by atoms with Gasteiger partial charge in [0.1, 0.15) is 5.82 Å². The van der Waals surface area contributed by atoms with E-state index in [2.05, 4.69) is 27.9 Å². The Morgan fingerprint density at radius 2 is 1.76 bits per heavy atom. The average Bonchev–Trinajstić information content (AvgIpc) is 3.43. The van der Waals surface area contributed by atoms with E-state index in [4.69, 9.17) is 4.74 Å². The summed E-state index contributed by atoms with van der Waals surface area (Å²) in [6.07, 6.45) is 4.99. The lowest BCUT2D eigenvalue weighted by atomic mass is 10.1. The number of hydrogen-bond acceptors (Lipinski definition) is 5. The van der Waals surface area contributed by atoms with Crippen LogP contribution in [0.25, 0.3) is 11.4 Å². The van der Waals surface area contributed by atoms with Gasteiger partial charge in [0.15, 0.2) is 6.10 Å². The zero-order valence-corrected chi connectivity index (χ0v) is 17.0. The Morgan fingerprint density at radius 3 is 2.48 bits per heavy atom. The number of carbonyl (C=O) groups is 1. The second kappa shape index (κ2) is 8.41. The zero-order chi connectivity index (χ0) is 20.2. The number of rotatable bonds is 6. The number of ether oxygens (including phenoxy) is 1. The fourth-order valence-electron chi connectivity index (χ4n) is 3.19. The maximum absolute atomic E-state index is 11.7. The van der Waals surface area contributed by atoms with Crippen LogP contribution in [0.3, 0.4) is 0 Å². The smallest absolute Gasteiger partial charge is 0.303 e. The van der Waals surface area contributed by atoms with Gasteiger partial charge in [-0.15, -0.1) is 11.3 Å². The third-order valence-corrected chi connectivity index (χ3v) is 6.05. The Hall–Kier alpha value is -3.25. The summed E-state index contributed by atoms with van der Waals surface area (Å²) in [6.45, 7) is 3.58. The summed E-state index contributed by atoms with van der Waals surface area (Å²) in [5.41, 5.74) is 3.00. The van der Waals surface area contributed by atoms with Gasteiger partial charge in [-0.05, 0) is 29.8 Å². The van der Waals surface area contributed by atoms with Crippen molar-refractivity contribution >= 4 is 17.3 Å². The van der Waals surface area contributed by atoms with E-state index in [1.165, 1.54) is 11.8 Å². The van der Waals surface area contributed by atoms with E-state index in [0.717, 1.165) is 27.5 Å². The largest absolute Gasteiger partial charge is 0.452 e. The van der Waals surface area contributed by atoms with Gasteiger partial charge in [0.05, 0.1) is 0 Å². The van der Waals surface area contributed by atoms with E-state index in [-0.39, 0.29) is 11.9 Å². The summed E-state index contributed by atoms with van der Waals surface area (Å²) in [5, 5.41) is 0. The minimum atomic E-state index is -0.395. The fourth-order valence-corrected chi connectivity index (χ4v) is 4.33. The summed E-state index contributed by atoms with van der Waals surface area (Å²) in [6, 6.07) is 17.8. The molecule has 6 heteroatoms. The summed E-state index contributed by atoms with van der Waals surface area (Å²) < 4.78 is 5.63. The van der Waals surface area contributed by atoms with E-state index in [9.17, 15) is 4.79 Å². The zero-order valence-electron chi connectivity index (χ0n) is 16.2. The molecule has 1 aromatic carbocycles. The van der Waals surface area contributed by atoms with Gasteiger partial charge in [0.25, 0.3) is 0 Å². The predicted molar refractivity (Wildman–Crippen MR) is 114 cm³/mol. The Balaban J connectivity index is 1.59. The van der Waals surface area contributed by atoms with Crippen LogP contribution >= 0.6 is 11.3 Å². The molecule has 3 heterocycles. The van der Waals surface area contributed by atoms with Crippen LogP contribution in [0.1, 0.15) is 46.9 Å². The number of nitrogens with one attached hydrogen (secondary N) is 1. The van der Waals surface area contributed by atoms with Gasteiger partial charge in [0, 0.05) is 52.4 Å². The highest BCUT2D eigenvalue weighted by atomic mass is 32.1. The first kappa shape index (κ1) is 19.1. The van der Waals surface area contributed by atoms with Gasteiger partial charge in [0.2, 0.25) is 0 Å². The normalized spacial score (nSPS) is 13.0. The first-order chi connectivity index (χ1) is 14.1. The van der Waals surface area contributed by atoms with Crippen molar-refractivity contribution in [3.8, 4) is 11.4 Å². The highest BCUT2D eigenvalue weighted by molar-refractivity contribution is 7.12. The first-order valence-corrected chi connectivity index (χ1v) is 10.2. The molecule has 0 spiro atoms. The number of H-pyrrole nitrogens is 1. The highest BCUT2D eigenvalue weighted by Gasteiger charge is 2.22. The molecule has 4 aromatic rings. The SMILES string of the molecule is CC(=O)OC(c1ccccc1)c1ccc(C(C)c2cnc(-c3ccncc3)[nH]2)s1. The molecule has 0 saturated carbocycles. The van der Waals surface area contributed by atoms with Crippen LogP contribution in [-0.2, 0) is 9.53 Å². The third kappa shape index (κ3) is 4.27. The van der Waals surface area contributed by atoms with Crippen LogP contribution in [0.4, 0.5) is 0 Å². The Bertz CT molecular complexity index is 1090. The minimum absolute atomic E-state index is 0.144. The lowest BCUT2D eigenvalue weighted by Gasteiger charge is -2.16. The quantitative estimate of drug-likeness (QED) is 0.441. The van der Waals surface area contributed by atoms with Crippen molar-refractivity contribution in [2.75, 3.05) is 0 Å². The molecule has 0 bridgehead atoms. The molecule has 0 aliphatic rings. The number of thiophene rings is 1. The summed E-state index contributed by atoms with van der Waals surface area (Å²) in [7, 11) is 0. The van der Waals surface area contributed by atoms with Crippen molar-refractivity contribution in [3.05, 3.63) is 94.2 Å². The second-order valence-corrected chi connectivity index (χ2v) is 7.93. The van der Waals surface area contributed by atoms with Gasteiger partial charge in [-0.3, -0.25) is 9.78 Å². The standard InChI is InChI=1S/C23H21N3O2S/c1-15(19-14-25-23(26-19)18-10-12-24-13-11-18)20-8-9-21(29-20)22(28-16(2)27)17-6-4-3-5-7-17/h3-15,22H,1-2H3,(H,25,26). The van der Waals surface area contributed by atoms with Crippen molar-refractivity contribution in [2.45, 2.75) is 25.9 Å². The molecular weight excluding hydrogens is 382 g/mol. The number of esters is 1. The molecule has 0 amide bonds. The minimum Gasteiger partial charge on any atom is -0.452 e. The number of nitrogens with zero attached hydrogens (tertiary/aromatic N) is 2. The number of benzene rings is 1. The van der Waals surface area contributed by atoms with Crippen LogP contribution in [0.2, 0.25) is 0 Å². The molecule has 2 atom stereocenters. The number of aromatic nitrogens is 3. The van der Waals surface area contributed by atoms with Crippen molar-refractivity contribution in [3.63, 3.8) is 0 Å². The third-order valence-electron chi connectivity index (χ3n) is 4.73. The van der Waals surface area contributed by atoms with Gasteiger partial charge >= 0.3 is 5.97 Å². The van der Waals surface area contributed by atoms with Gasteiger partial charge in [-0.1, -0.05) is 37.3 Å². The van der Waals surface area contributed by atoms with Gasteiger partial charge in [-0.2, -0.15) is 0 Å². The number of carbonyl (C=O) groups excluding carboxylic acids is 1. The van der Waals surface area contributed by atoms with Crippen LogP contribution in [-0.4, -0.2) is 20.9 Å². The van der Waals surface area contributed by atoms with E-state index < -0.39 is 6.10 Å². The Labute approximate surface area is 173 Å². The Morgan fingerprint density at radius 1 is 1.03 bits per heavy atom. The molecule has 5 nitrogen and oxygen atoms in total. The summed E-state index contributed by atoms with van der Waals surface area (Å²) in [4.78, 5) is 25.8.